The molecule has 31 heavy (non-hydrogen) atoms. The van der Waals surface area contributed by atoms with Gasteiger partial charge in [0.25, 0.3) is 0 Å². The molecule has 0 bridgehead atoms. The fourth-order valence-corrected chi connectivity index (χ4v) is 3.53. The molecule has 7 nitrogen and oxygen atoms in total. The molecule has 1 heterocycles. The first kappa shape index (κ1) is 22.6. The fraction of sp³-hybridized carbons (Fsp3) is 0.318. The molecular weight excluding hydrogens is 417 g/mol. The van der Waals surface area contributed by atoms with Crippen molar-refractivity contribution < 1.29 is 13.9 Å². The Balaban J connectivity index is 1.63. The van der Waals surface area contributed by atoms with E-state index in [-0.39, 0.29) is 24.2 Å². The van der Waals surface area contributed by atoms with Crippen molar-refractivity contribution in [2.45, 2.75) is 19.0 Å². The highest BCUT2D eigenvalue weighted by Gasteiger charge is 2.16. The largest absolute Gasteiger partial charge is 0.497 e. The van der Waals surface area contributed by atoms with Crippen LogP contribution in [0.1, 0.15) is 18.0 Å². The van der Waals surface area contributed by atoms with Gasteiger partial charge in [0.1, 0.15) is 11.6 Å². The smallest absolute Gasteiger partial charge is 0.221 e. The number of rotatable bonds is 9. The molecule has 3 rings (SSSR count). The first-order valence-electron chi connectivity index (χ1n) is 9.87. The van der Waals surface area contributed by atoms with E-state index in [0.717, 1.165) is 16.9 Å². The molecular formula is C22H26FN5O2S. The predicted octanol–water partition coefficient (Wildman–Crippen LogP) is 3.56. The third kappa shape index (κ3) is 5.77. The van der Waals surface area contributed by atoms with Crippen molar-refractivity contribution in [1.82, 2.24) is 25.0 Å². The summed E-state index contributed by atoms with van der Waals surface area (Å²) in [6.07, 6.45) is 0.236. The van der Waals surface area contributed by atoms with Gasteiger partial charge in [0, 0.05) is 25.1 Å². The summed E-state index contributed by atoms with van der Waals surface area (Å²) in [5, 5.41) is 10.0. The maximum atomic E-state index is 13.6. The lowest BCUT2D eigenvalue weighted by molar-refractivity contribution is -0.121. The number of halogens is 1. The zero-order valence-corrected chi connectivity index (χ0v) is 18.6. The highest BCUT2D eigenvalue weighted by molar-refractivity contribution is 7.71. The Kier molecular flexibility index (Phi) is 7.54. The second kappa shape index (κ2) is 10.3. The van der Waals surface area contributed by atoms with E-state index < -0.39 is 0 Å². The van der Waals surface area contributed by atoms with E-state index in [1.165, 1.54) is 12.1 Å². The standard InChI is InChI=1S/C22H26FN5O2S/c1-27(2)19(16-5-4-6-17(23)13-16)14-24-20(29)11-12-28-21(25-26-22(28)31)15-7-9-18(30-3)10-8-15/h4-10,13,19H,11-12,14H2,1-3H3,(H,24,29)(H,26,31). The van der Waals surface area contributed by atoms with E-state index >= 15 is 0 Å². The maximum absolute atomic E-state index is 13.6. The number of aromatic amines is 1. The van der Waals surface area contributed by atoms with Crippen LogP contribution < -0.4 is 10.1 Å². The molecule has 164 valence electrons. The summed E-state index contributed by atoms with van der Waals surface area (Å²) in [5.74, 6) is 0.993. The number of carbonyl (C=O) groups excluding carboxylic acids is 1. The van der Waals surface area contributed by atoms with Crippen molar-refractivity contribution in [2.24, 2.45) is 0 Å². The van der Waals surface area contributed by atoms with Gasteiger partial charge < -0.3 is 15.0 Å². The highest BCUT2D eigenvalue weighted by atomic mass is 32.1. The molecule has 1 atom stereocenters. The van der Waals surface area contributed by atoms with Crippen LogP contribution in [0, 0.1) is 10.6 Å². The minimum atomic E-state index is -0.295. The Morgan fingerprint density at radius 1 is 1.29 bits per heavy atom. The van der Waals surface area contributed by atoms with E-state index in [9.17, 15) is 9.18 Å². The number of aromatic nitrogens is 3. The Labute approximate surface area is 185 Å². The highest BCUT2D eigenvalue weighted by Crippen LogP contribution is 2.21. The molecule has 0 aliphatic heterocycles. The third-order valence-electron chi connectivity index (χ3n) is 5.02. The molecule has 1 aromatic heterocycles. The summed E-state index contributed by atoms with van der Waals surface area (Å²) in [6, 6.07) is 13.8. The van der Waals surface area contributed by atoms with Gasteiger partial charge >= 0.3 is 0 Å². The lowest BCUT2D eigenvalue weighted by Crippen LogP contribution is -2.35. The van der Waals surface area contributed by atoms with Crippen molar-refractivity contribution in [3.05, 3.63) is 64.7 Å². The van der Waals surface area contributed by atoms with Crippen molar-refractivity contribution in [3.63, 3.8) is 0 Å². The predicted molar refractivity (Wildman–Crippen MR) is 120 cm³/mol. The number of hydrogen-bond donors (Lipinski definition) is 2. The van der Waals surface area contributed by atoms with Crippen LogP contribution in [-0.2, 0) is 11.3 Å². The zero-order chi connectivity index (χ0) is 22.4. The first-order chi connectivity index (χ1) is 14.9. The number of benzene rings is 2. The van der Waals surface area contributed by atoms with Crippen LogP contribution in [0.25, 0.3) is 11.4 Å². The molecule has 0 saturated heterocycles. The summed E-state index contributed by atoms with van der Waals surface area (Å²) < 4.78 is 21.0. The monoisotopic (exact) mass is 443 g/mol. The summed E-state index contributed by atoms with van der Waals surface area (Å²) >= 11 is 5.34. The van der Waals surface area contributed by atoms with Gasteiger partial charge in [0.15, 0.2) is 10.6 Å². The average molecular weight is 444 g/mol. The van der Waals surface area contributed by atoms with Gasteiger partial charge in [-0.15, -0.1) is 0 Å². The number of nitrogens with zero attached hydrogens (tertiary/aromatic N) is 3. The normalized spacial score (nSPS) is 12.0. The van der Waals surface area contributed by atoms with E-state index in [1.54, 1.807) is 17.7 Å². The SMILES string of the molecule is COc1ccc(-c2n[nH]c(=S)n2CCC(=O)NCC(c2cccc(F)c2)N(C)C)cc1. The quantitative estimate of drug-likeness (QED) is 0.495. The molecule has 1 amide bonds. The van der Waals surface area contributed by atoms with Gasteiger partial charge in [-0.3, -0.25) is 14.5 Å². The lowest BCUT2D eigenvalue weighted by Gasteiger charge is -2.25. The van der Waals surface area contributed by atoms with Gasteiger partial charge in [0.2, 0.25) is 5.91 Å². The molecule has 1 unspecified atom stereocenters. The number of carbonyl (C=O) groups is 1. The van der Waals surface area contributed by atoms with Crippen LogP contribution >= 0.6 is 12.2 Å². The van der Waals surface area contributed by atoms with Gasteiger partial charge in [0.05, 0.1) is 13.2 Å². The molecule has 9 heteroatoms. The molecule has 0 fully saturated rings. The number of hydrogen-bond acceptors (Lipinski definition) is 5. The van der Waals surface area contributed by atoms with Crippen LogP contribution in [-0.4, -0.2) is 53.3 Å². The molecule has 2 N–H and O–H groups in total. The third-order valence-corrected chi connectivity index (χ3v) is 5.33. The van der Waals surface area contributed by atoms with E-state index in [4.69, 9.17) is 17.0 Å². The van der Waals surface area contributed by atoms with E-state index in [0.29, 0.717) is 23.7 Å². The lowest BCUT2D eigenvalue weighted by atomic mass is 10.1. The average Bonchev–Trinajstić information content (AvgIpc) is 3.12. The van der Waals surface area contributed by atoms with Crippen LogP contribution in [0.2, 0.25) is 0 Å². The van der Waals surface area contributed by atoms with E-state index in [2.05, 4.69) is 15.5 Å². The summed E-state index contributed by atoms with van der Waals surface area (Å²) in [6.45, 7) is 0.756. The minimum absolute atomic E-state index is 0.118. The number of likely N-dealkylation sites (N-methyl/N-ethyl adjacent to an activating group) is 1. The van der Waals surface area contributed by atoms with Gasteiger partial charge in [-0.2, -0.15) is 5.10 Å². The second-order valence-electron chi connectivity index (χ2n) is 7.32. The zero-order valence-electron chi connectivity index (χ0n) is 17.8. The first-order valence-corrected chi connectivity index (χ1v) is 10.3. The molecule has 0 spiro atoms. The number of amides is 1. The summed E-state index contributed by atoms with van der Waals surface area (Å²) in [4.78, 5) is 14.5. The van der Waals surface area contributed by atoms with Crippen molar-refractivity contribution in [1.29, 1.82) is 0 Å². The van der Waals surface area contributed by atoms with E-state index in [1.807, 2.05) is 49.3 Å². The van der Waals surface area contributed by atoms with Crippen LogP contribution in [0.4, 0.5) is 4.39 Å². The van der Waals surface area contributed by atoms with Crippen LogP contribution in [0.5, 0.6) is 5.75 Å². The van der Waals surface area contributed by atoms with Gasteiger partial charge in [-0.25, -0.2) is 4.39 Å². The molecule has 0 aliphatic carbocycles. The Morgan fingerprint density at radius 3 is 2.68 bits per heavy atom. The molecule has 2 aromatic carbocycles. The summed E-state index contributed by atoms with van der Waals surface area (Å²) in [7, 11) is 5.40. The fourth-order valence-electron chi connectivity index (χ4n) is 3.31. The topological polar surface area (TPSA) is 75.2 Å². The molecule has 0 radical (unpaired) electrons. The Morgan fingerprint density at radius 2 is 2.03 bits per heavy atom. The van der Waals surface area contributed by atoms with Crippen molar-refractivity contribution >= 4 is 18.1 Å². The Hall–Kier alpha value is -3.04. The van der Waals surface area contributed by atoms with Crippen LogP contribution in [0.3, 0.4) is 0 Å². The van der Waals surface area contributed by atoms with Gasteiger partial charge in [-0.05, 0) is 68.3 Å². The number of H-pyrrole nitrogens is 1. The minimum Gasteiger partial charge on any atom is -0.497 e. The summed E-state index contributed by atoms with van der Waals surface area (Å²) in [5.41, 5.74) is 1.68. The van der Waals surface area contributed by atoms with Crippen LogP contribution in [0.15, 0.2) is 48.5 Å². The molecule has 0 saturated carbocycles. The number of ether oxygens (including phenoxy) is 1. The second-order valence-corrected chi connectivity index (χ2v) is 7.71. The number of nitrogens with one attached hydrogen (secondary N) is 2. The maximum Gasteiger partial charge on any atom is 0.221 e. The molecule has 0 aliphatic rings. The molecule has 3 aromatic rings. The number of methoxy groups -OCH3 is 1. The van der Waals surface area contributed by atoms with Crippen molar-refractivity contribution in [3.8, 4) is 17.1 Å². The van der Waals surface area contributed by atoms with Gasteiger partial charge in [-0.1, -0.05) is 12.1 Å². The Bertz CT molecular complexity index is 1080. The van der Waals surface area contributed by atoms with Crippen molar-refractivity contribution in [2.75, 3.05) is 27.7 Å².